The fourth-order valence-corrected chi connectivity index (χ4v) is 3.37. The van der Waals surface area contributed by atoms with E-state index >= 15 is 0 Å². The van der Waals surface area contributed by atoms with Crippen molar-refractivity contribution in [2.45, 2.75) is 24.4 Å². The maximum Gasteiger partial charge on any atom is 0.113 e. The van der Waals surface area contributed by atoms with E-state index in [1.54, 1.807) is 6.07 Å². The Bertz CT molecular complexity index is 873. The lowest BCUT2D eigenvalue weighted by Crippen LogP contribution is -2.41. The van der Waals surface area contributed by atoms with Crippen molar-refractivity contribution in [1.82, 2.24) is 0 Å². The third-order valence-electron chi connectivity index (χ3n) is 4.57. The first-order valence-electron chi connectivity index (χ1n) is 7.25. The molecule has 22 heavy (non-hydrogen) atoms. The van der Waals surface area contributed by atoms with Gasteiger partial charge in [-0.25, -0.2) is 0 Å². The van der Waals surface area contributed by atoms with Gasteiger partial charge in [-0.2, -0.15) is 0 Å². The maximum absolute atomic E-state index is 10.4. The van der Waals surface area contributed by atoms with Gasteiger partial charge in [-0.15, -0.1) is 0 Å². The molecule has 0 aliphatic heterocycles. The Morgan fingerprint density at radius 3 is 2.00 bits per heavy atom. The Morgan fingerprint density at radius 2 is 1.27 bits per heavy atom. The van der Waals surface area contributed by atoms with Crippen LogP contribution in [0.5, 0.6) is 0 Å². The summed E-state index contributed by atoms with van der Waals surface area (Å²) >= 11 is 0. The molecular formula is C18H16O4. The van der Waals surface area contributed by atoms with Gasteiger partial charge in [0, 0.05) is 0 Å². The first-order chi connectivity index (χ1) is 10.6. The van der Waals surface area contributed by atoms with E-state index in [0.29, 0.717) is 11.1 Å². The Morgan fingerprint density at radius 1 is 0.636 bits per heavy atom. The largest absolute Gasteiger partial charge is 0.387 e. The number of aliphatic hydroxyl groups excluding tert-OH is 4. The Hall–Kier alpha value is -1.98. The lowest BCUT2D eigenvalue weighted by molar-refractivity contribution is -0.119. The fraction of sp³-hybridized carbons (Fsp3) is 0.222. The van der Waals surface area contributed by atoms with E-state index in [2.05, 4.69) is 0 Å². The van der Waals surface area contributed by atoms with Gasteiger partial charge in [0.25, 0.3) is 0 Å². The van der Waals surface area contributed by atoms with Crippen molar-refractivity contribution in [3.05, 3.63) is 59.7 Å². The van der Waals surface area contributed by atoms with Crippen molar-refractivity contribution in [3.8, 4) is 0 Å². The summed E-state index contributed by atoms with van der Waals surface area (Å²) in [6.45, 7) is 0. The van der Waals surface area contributed by atoms with E-state index in [-0.39, 0.29) is 0 Å². The van der Waals surface area contributed by atoms with Crippen LogP contribution in [0.2, 0.25) is 0 Å². The molecule has 0 amide bonds. The van der Waals surface area contributed by atoms with Gasteiger partial charge in [0.2, 0.25) is 0 Å². The quantitative estimate of drug-likeness (QED) is 0.477. The molecule has 0 spiro atoms. The van der Waals surface area contributed by atoms with Crippen LogP contribution in [0.3, 0.4) is 0 Å². The van der Waals surface area contributed by atoms with Crippen molar-refractivity contribution in [1.29, 1.82) is 0 Å². The molecule has 4 N–H and O–H groups in total. The van der Waals surface area contributed by atoms with Crippen LogP contribution in [0.25, 0.3) is 21.5 Å². The topological polar surface area (TPSA) is 80.9 Å². The zero-order chi connectivity index (χ0) is 15.4. The molecule has 0 heterocycles. The number of hydrogen-bond donors (Lipinski definition) is 4. The number of hydrogen-bond acceptors (Lipinski definition) is 4. The third kappa shape index (κ3) is 1.79. The average molecular weight is 296 g/mol. The summed E-state index contributed by atoms with van der Waals surface area (Å²) in [5.41, 5.74) is 0.960. The van der Waals surface area contributed by atoms with E-state index in [9.17, 15) is 20.4 Å². The lowest BCUT2D eigenvalue weighted by atomic mass is 9.80. The minimum absolute atomic E-state index is 0.466. The van der Waals surface area contributed by atoms with Crippen LogP contribution >= 0.6 is 0 Å². The summed E-state index contributed by atoms with van der Waals surface area (Å²) in [5.74, 6) is 0. The Balaban J connectivity index is 2.08. The van der Waals surface area contributed by atoms with Crippen LogP contribution < -0.4 is 0 Å². The molecular weight excluding hydrogens is 280 g/mol. The van der Waals surface area contributed by atoms with Gasteiger partial charge < -0.3 is 20.4 Å². The standard InChI is InChI=1S/C18H16O4/c19-15-12-6-5-11-7-9-3-1-2-4-10(9)8-13(11)14(12)16(20)18(22)17(15)21/h1-8,15-22H/t15-,16-,17+,18+/m1/s1. The molecule has 3 aromatic carbocycles. The minimum Gasteiger partial charge on any atom is -0.387 e. The Kier molecular flexibility index (Phi) is 2.96. The highest BCUT2D eigenvalue weighted by Crippen LogP contribution is 2.41. The summed E-state index contributed by atoms with van der Waals surface area (Å²) < 4.78 is 0. The molecule has 4 rings (SSSR count). The zero-order valence-electron chi connectivity index (χ0n) is 11.7. The van der Waals surface area contributed by atoms with E-state index < -0.39 is 24.4 Å². The van der Waals surface area contributed by atoms with Crippen LogP contribution in [0.1, 0.15) is 23.3 Å². The van der Waals surface area contributed by atoms with Crippen molar-refractivity contribution in [3.63, 3.8) is 0 Å². The highest BCUT2D eigenvalue weighted by molar-refractivity contribution is 6.00. The van der Waals surface area contributed by atoms with Gasteiger partial charge in [0.15, 0.2) is 0 Å². The zero-order valence-corrected chi connectivity index (χ0v) is 11.7. The first-order valence-corrected chi connectivity index (χ1v) is 7.25. The van der Waals surface area contributed by atoms with Crippen LogP contribution in [0.15, 0.2) is 48.5 Å². The summed E-state index contributed by atoms with van der Waals surface area (Å²) in [4.78, 5) is 0. The second-order valence-electron chi connectivity index (χ2n) is 5.86. The van der Waals surface area contributed by atoms with Gasteiger partial charge in [-0.1, -0.05) is 36.4 Å². The number of fused-ring (bicyclic) bond motifs is 4. The number of rotatable bonds is 0. The predicted octanol–water partition coefficient (Wildman–Crippen LogP) is 1.80. The monoisotopic (exact) mass is 296 g/mol. The molecule has 0 fully saturated rings. The molecule has 3 aromatic rings. The van der Waals surface area contributed by atoms with Gasteiger partial charge in [0.05, 0.1) is 0 Å². The summed E-state index contributed by atoms with van der Waals surface area (Å²) in [6.07, 6.45) is -5.22. The highest BCUT2D eigenvalue weighted by Gasteiger charge is 2.40. The fourth-order valence-electron chi connectivity index (χ4n) is 3.37. The molecule has 4 heteroatoms. The van der Waals surface area contributed by atoms with Crippen LogP contribution in [-0.2, 0) is 0 Å². The molecule has 0 saturated heterocycles. The molecule has 4 nitrogen and oxygen atoms in total. The molecule has 0 unspecified atom stereocenters. The summed E-state index contributed by atoms with van der Waals surface area (Å²) in [6, 6.07) is 15.4. The summed E-state index contributed by atoms with van der Waals surface area (Å²) in [5, 5.41) is 44.2. The third-order valence-corrected chi connectivity index (χ3v) is 4.57. The molecule has 0 saturated carbocycles. The van der Waals surface area contributed by atoms with Gasteiger partial charge >= 0.3 is 0 Å². The maximum atomic E-state index is 10.4. The highest BCUT2D eigenvalue weighted by atomic mass is 16.4. The van der Waals surface area contributed by atoms with Crippen molar-refractivity contribution in [2.24, 2.45) is 0 Å². The Labute approximate surface area is 126 Å². The molecule has 112 valence electrons. The number of benzene rings is 3. The van der Waals surface area contributed by atoms with E-state index in [4.69, 9.17) is 0 Å². The predicted molar refractivity (Wildman–Crippen MR) is 83.4 cm³/mol. The second kappa shape index (κ2) is 4.76. The first kappa shape index (κ1) is 13.7. The molecule has 0 bridgehead atoms. The molecule has 0 aromatic heterocycles. The normalized spacial score (nSPS) is 28.0. The van der Waals surface area contributed by atoms with E-state index in [1.165, 1.54) is 0 Å². The molecule has 1 aliphatic rings. The van der Waals surface area contributed by atoms with Gasteiger partial charge in [-0.05, 0) is 44.8 Å². The molecule has 0 radical (unpaired) electrons. The van der Waals surface area contributed by atoms with E-state index in [0.717, 1.165) is 21.5 Å². The van der Waals surface area contributed by atoms with Gasteiger partial charge in [0.1, 0.15) is 24.4 Å². The van der Waals surface area contributed by atoms with Gasteiger partial charge in [-0.3, -0.25) is 0 Å². The van der Waals surface area contributed by atoms with Crippen LogP contribution in [0.4, 0.5) is 0 Å². The minimum atomic E-state index is -1.40. The average Bonchev–Trinajstić information content (AvgIpc) is 2.55. The molecule has 4 atom stereocenters. The van der Waals surface area contributed by atoms with Crippen molar-refractivity contribution in [2.75, 3.05) is 0 Å². The van der Waals surface area contributed by atoms with Crippen molar-refractivity contribution >= 4 is 21.5 Å². The second-order valence-corrected chi connectivity index (χ2v) is 5.86. The smallest absolute Gasteiger partial charge is 0.113 e. The summed E-state index contributed by atoms with van der Waals surface area (Å²) in [7, 11) is 0. The lowest BCUT2D eigenvalue weighted by Gasteiger charge is -2.35. The number of aliphatic hydroxyl groups is 4. The van der Waals surface area contributed by atoms with E-state index in [1.807, 2.05) is 42.5 Å². The van der Waals surface area contributed by atoms with Crippen LogP contribution in [0, 0.1) is 0 Å². The van der Waals surface area contributed by atoms with Crippen molar-refractivity contribution < 1.29 is 20.4 Å². The molecule has 1 aliphatic carbocycles. The SMILES string of the molecule is O[C@@H]1[C@@H](O)[C@H](O)c2c(ccc3cc4ccccc4cc23)[C@H]1O. The van der Waals surface area contributed by atoms with Crippen LogP contribution in [-0.4, -0.2) is 32.6 Å².